The standard InChI is InChI=1S/C19H18N2O3/c1-9-2-4-10(5-3-9)17(22)20-21-18(23)15-11-6-7-12(14-8-13(11)14)16(15)19(21)24/h2-7,11-16H,8H2,1H3,(H,20,22)/t11-,12-,13-,14+,15-,16-/m1/s1. The van der Waals surface area contributed by atoms with E-state index in [2.05, 4.69) is 17.6 Å². The first-order valence-corrected chi connectivity index (χ1v) is 8.50. The van der Waals surface area contributed by atoms with Crippen molar-refractivity contribution in [3.63, 3.8) is 0 Å². The summed E-state index contributed by atoms with van der Waals surface area (Å²) in [4.78, 5) is 38.0. The molecule has 122 valence electrons. The third-order valence-corrected chi connectivity index (χ3v) is 6.19. The van der Waals surface area contributed by atoms with E-state index in [4.69, 9.17) is 0 Å². The number of amides is 3. The molecule has 2 bridgehead atoms. The average Bonchev–Trinajstić information content (AvgIpc) is 3.36. The van der Waals surface area contributed by atoms with Crippen LogP contribution in [-0.2, 0) is 9.59 Å². The van der Waals surface area contributed by atoms with Crippen molar-refractivity contribution < 1.29 is 14.4 Å². The average molecular weight is 322 g/mol. The first-order valence-electron chi connectivity index (χ1n) is 8.50. The van der Waals surface area contributed by atoms with E-state index >= 15 is 0 Å². The van der Waals surface area contributed by atoms with Crippen molar-refractivity contribution in [2.24, 2.45) is 35.5 Å². The second-order valence-corrected chi connectivity index (χ2v) is 7.47. The minimum Gasteiger partial charge on any atom is -0.272 e. The Morgan fingerprint density at radius 1 is 1.00 bits per heavy atom. The lowest BCUT2D eigenvalue weighted by Gasteiger charge is -2.37. The molecule has 2 saturated carbocycles. The maximum Gasteiger partial charge on any atom is 0.270 e. The molecule has 5 nitrogen and oxygen atoms in total. The van der Waals surface area contributed by atoms with Crippen LogP contribution in [0.3, 0.4) is 0 Å². The molecule has 5 heteroatoms. The first kappa shape index (κ1) is 14.0. The Bertz CT molecular complexity index is 761. The van der Waals surface area contributed by atoms with E-state index in [0.717, 1.165) is 17.0 Å². The van der Waals surface area contributed by atoms with Gasteiger partial charge in [-0.25, -0.2) is 0 Å². The smallest absolute Gasteiger partial charge is 0.270 e. The van der Waals surface area contributed by atoms with Gasteiger partial charge in [-0.3, -0.25) is 19.8 Å². The van der Waals surface area contributed by atoms with Crippen LogP contribution in [0, 0.1) is 42.4 Å². The first-order chi connectivity index (χ1) is 11.6. The number of benzene rings is 1. The van der Waals surface area contributed by atoms with Crippen LogP contribution in [0.25, 0.3) is 0 Å². The van der Waals surface area contributed by atoms with Gasteiger partial charge in [-0.1, -0.05) is 29.8 Å². The van der Waals surface area contributed by atoms with Crippen molar-refractivity contribution >= 4 is 17.7 Å². The molecule has 3 fully saturated rings. The highest BCUT2D eigenvalue weighted by Gasteiger charge is 2.67. The molecule has 1 N–H and O–H groups in total. The predicted molar refractivity (Wildman–Crippen MR) is 85.2 cm³/mol. The summed E-state index contributed by atoms with van der Waals surface area (Å²) in [6.07, 6.45) is 5.37. The Hall–Kier alpha value is -2.43. The zero-order valence-electron chi connectivity index (χ0n) is 13.3. The summed E-state index contributed by atoms with van der Waals surface area (Å²) in [5, 5.41) is 0.981. The van der Waals surface area contributed by atoms with Gasteiger partial charge >= 0.3 is 0 Å². The molecule has 1 saturated heterocycles. The van der Waals surface area contributed by atoms with Crippen LogP contribution in [0.4, 0.5) is 0 Å². The highest BCUT2D eigenvalue weighted by molar-refractivity contribution is 6.08. The minimum absolute atomic E-state index is 0.169. The molecule has 5 aliphatic rings. The van der Waals surface area contributed by atoms with Gasteiger partial charge in [0.1, 0.15) is 0 Å². The summed E-state index contributed by atoms with van der Waals surface area (Å²) >= 11 is 0. The van der Waals surface area contributed by atoms with Crippen LogP contribution in [0.1, 0.15) is 22.3 Å². The lowest BCUT2D eigenvalue weighted by atomic mass is 9.63. The second kappa shape index (κ2) is 4.56. The number of nitrogens with zero attached hydrogens (tertiary/aromatic N) is 1. The van der Waals surface area contributed by atoms with Crippen molar-refractivity contribution in [1.82, 2.24) is 10.4 Å². The molecule has 0 unspecified atom stereocenters. The number of imide groups is 1. The Balaban J connectivity index is 1.40. The maximum atomic E-state index is 12.8. The quantitative estimate of drug-likeness (QED) is 0.666. The van der Waals surface area contributed by atoms with Gasteiger partial charge in [0.25, 0.3) is 17.7 Å². The van der Waals surface area contributed by atoms with Gasteiger partial charge in [0.2, 0.25) is 0 Å². The fourth-order valence-corrected chi connectivity index (χ4v) is 4.94. The molecule has 0 radical (unpaired) electrons. The van der Waals surface area contributed by atoms with E-state index in [9.17, 15) is 14.4 Å². The summed E-state index contributed by atoms with van der Waals surface area (Å²) in [5.41, 5.74) is 4.03. The second-order valence-electron chi connectivity index (χ2n) is 7.47. The molecular formula is C19H18N2O3. The van der Waals surface area contributed by atoms with E-state index in [1.165, 1.54) is 0 Å². The Labute approximate surface area is 139 Å². The van der Waals surface area contributed by atoms with Crippen molar-refractivity contribution in [2.45, 2.75) is 13.3 Å². The molecule has 1 aliphatic heterocycles. The van der Waals surface area contributed by atoms with Crippen molar-refractivity contribution in [2.75, 3.05) is 0 Å². The van der Waals surface area contributed by atoms with E-state index in [-0.39, 0.29) is 35.5 Å². The van der Waals surface area contributed by atoms with Crippen LogP contribution in [-0.4, -0.2) is 22.7 Å². The van der Waals surface area contributed by atoms with Gasteiger partial charge in [-0.2, -0.15) is 5.01 Å². The van der Waals surface area contributed by atoms with Gasteiger partial charge in [0, 0.05) is 5.56 Å². The fourth-order valence-electron chi connectivity index (χ4n) is 4.94. The van der Waals surface area contributed by atoms with E-state index in [1.807, 2.05) is 19.1 Å². The number of hydrazine groups is 1. The van der Waals surface area contributed by atoms with E-state index < -0.39 is 5.91 Å². The number of hydrogen-bond acceptors (Lipinski definition) is 3. The topological polar surface area (TPSA) is 66.5 Å². The van der Waals surface area contributed by atoms with Gasteiger partial charge < -0.3 is 0 Å². The van der Waals surface area contributed by atoms with Gasteiger partial charge in [-0.15, -0.1) is 0 Å². The molecule has 4 aliphatic carbocycles. The van der Waals surface area contributed by atoms with Crippen molar-refractivity contribution in [3.8, 4) is 0 Å². The van der Waals surface area contributed by atoms with Gasteiger partial charge in [-0.05, 0) is 49.1 Å². The molecule has 6 rings (SSSR count). The fraction of sp³-hybridized carbons (Fsp3) is 0.421. The molecule has 0 spiro atoms. The Morgan fingerprint density at radius 3 is 2.08 bits per heavy atom. The molecule has 0 aromatic heterocycles. The predicted octanol–water partition coefficient (Wildman–Crippen LogP) is 1.69. The summed E-state index contributed by atoms with van der Waals surface area (Å²) in [5.74, 6) is -0.00257. The maximum absolute atomic E-state index is 12.8. The SMILES string of the molecule is Cc1ccc(C(=O)NN2C(=O)[C@@H]3[C@@H]4C=C[C@H]([C@@H]5C[C@H]45)[C@H]3C2=O)cc1. The van der Waals surface area contributed by atoms with Crippen LogP contribution in [0.15, 0.2) is 36.4 Å². The number of rotatable bonds is 2. The number of carbonyl (C=O) groups is 3. The summed E-state index contributed by atoms with van der Waals surface area (Å²) in [6, 6.07) is 7.06. The number of allylic oxidation sites excluding steroid dienone is 2. The zero-order valence-corrected chi connectivity index (χ0v) is 13.3. The molecule has 3 amide bonds. The van der Waals surface area contributed by atoms with E-state index in [0.29, 0.717) is 17.4 Å². The largest absolute Gasteiger partial charge is 0.272 e. The summed E-state index contributed by atoms with van der Waals surface area (Å²) < 4.78 is 0. The molecule has 1 aromatic carbocycles. The van der Waals surface area contributed by atoms with E-state index in [1.54, 1.807) is 12.1 Å². The highest BCUT2D eigenvalue weighted by atomic mass is 16.2. The third kappa shape index (κ3) is 1.72. The highest BCUT2D eigenvalue weighted by Crippen LogP contribution is 2.65. The summed E-state index contributed by atoms with van der Waals surface area (Å²) in [6.45, 7) is 1.94. The number of hydrogen-bond donors (Lipinski definition) is 1. The number of nitrogens with one attached hydrogen (secondary N) is 1. The van der Waals surface area contributed by atoms with Crippen molar-refractivity contribution in [3.05, 3.63) is 47.5 Å². The van der Waals surface area contributed by atoms with Crippen LogP contribution < -0.4 is 5.43 Å². The van der Waals surface area contributed by atoms with Gasteiger partial charge in [0.05, 0.1) is 11.8 Å². The molecule has 6 atom stereocenters. The monoisotopic (exact) mass is 322 g/mol. The molecule has 1 aromatic rings. The normalized spacial score (nSPS) is 38.1. The lowest BCUT2D eigenvalue weighted by molar-refractivity contribution is -0.143. The Morgan fingerprint density at radius 2 is 1.54 bits per heavy atom. The molecule has 1 heterocycles. The molecule has 24 heavy (non-hydrogen) atoms. The zero-order chi connectivity index (χ0) is 16.6. The number of aryl methyl sites for hydroxylation is 1. The van der Waals surface area contributed by atoms with Gasteiger partial charge in [0.15, 0.2) is 0 Å². The lowest BCUT2D eigenvalue weighted by Crippen LogP contribution is -2.46. The molecular weight excluding hydrogens is 304 g/mol. The van der Waals surface area contributed by atoms with Crippen molar-refractivity contribution in [1.29, 1.82) is 0 Å². The van der Waals surface area contributed by atoms with Crippen LogP contribution in [0.5, 0.6) is 0 Å². The third-order valence-electron chi connectivity index (χ3n) is 6.19. The minimum atomic E-state index is -0.416. The summed E-state index contributed by atoms with van der Waals surface area (Å²) in [7, 11) is 0. The van der Waals surface area contributed by atoms with Crippen LogP contribution in [0.2, 0.25) is 0 Å². The number of carbonyl (C=O) groups excluding carboxylic acids is 3. The Kier molecular flexibility index (Phi) is 2.65. The van der Waals surface area contributed by atoms with Crippen LogP contribution >= 0.6 is 0 Å².